The van der Waals surface area contributed by atoms with Crippen LogP contribution in [0.15, 0.2) is 0 Å². The Labute approximate surface area is 111 Å². The van der Waals surface area contributed by atoms with Crippen molar-refractivity contribution in [1.82, 2.24) is 0 Å². The van der Waals surface area contributed by atoms with Crippen molar-refractivity contribution in [2.24, 2.45) is 0 Å². The monoisotopic (exact) mass is 224 g/mol. The molecule has 0 aromatic carbocycles. The summed E-state index contributed by atoms with van der Waals surface area (Å²) in [6, 6.07) is 0. The zero-order valence-corrected chi connectivity index (χ0v) is 11.9. The minimum absolute atomic E-state index is 0. The number of rotatable bonds is 0. The van der Waals surface area contributed by atoms with Gasteiger partial charge in [-0.2, -0.15) is 0 Å². The molecule has 0 atom stereocenters. The topological polar surface area (TPSA) is 135 Å². The first-order valence-corrected chi connectivity index (χ1v) is 4.30. The molecule has 0 unspecified atom stereocenters. The molecule has 60 valence electrons. The summed E-state index contributed by atoms with van der Waals surface area (Å²) in [6.45, 7) is 0. The van der Waals surface area contributed by atoms with Crippen LogP contribution in [0.3, 0.4) is 0 Å². The third-order valence-electron chi connectivity index (χ3n) is 0. The molecule has 0 aliphatic rings. The molecule has 0 heterocycles. The first kappa shape index (κ1) is 23.0. The Morgan fingerprint density at radius 3 is 1.09 bits per heavy atom. The summed E-state index contributed by atoms with van der Waals surface area (Å²) in [7, 11) is -7.77. The van der Waals surface area contributed by atoms with E-state index in [-0.39, 0.29) is 62.0 Å². The molecule has 11 heavy (non-hydrogen) atoms. The van der Waals surface area contributed by atoms with Gasteiger partial charge in [0.25, 0.3) is 0 Å². The normalized spacial score (nSPS) is 7.55. The Morgan fingerprint density at radius 2 is 1.09 bits per heavy atom. The number of phosphoric acid groups is 1. The van der Waals surface area contributed by atoms with Crippen molar-refractivity contribution >= 4 is 17.0 Å². The summed E-state index contributed by atoms with van der Waals surface area (Å²) in [6.07, 6.45) is 0. The SMILES string of the molecule is O=P(O)(O)O.O=[Si](O)O.[H-].[H-].[Na+].[Na+]. The van der Waals surface area contributed by atoms with E-state index in [2.05, 4.69) is 0 Å². The summed E-state index contributed by atoms with van der Waals surface area (Å²) in [5.41, 5.74) is 0. The maximum absolute atomic E-state index is 8.88. The van der Waals surface area contributed by atoms with Crippen LogP contribution in [0.2, 0.25) is 0 Å². The van der Waals surface area contributed by atoms with Crippen molar-refractivity contribution in [2.75, 3.05) is 0 Å². The van der Waals surface area contributed by atoms with Crippen LogP contribution in [-0.2, 0) is 9.03 Å². The maximum Gasteiger partial charge on any atom is 1.00 e. The van der Waals surface area contributed by atoms with Gasteiger partial charge in [0, 0.05) is 0 Å². The van der Waals surface area contributed by atoms with Gasteiger partial charge in [-0.05, 0) is 0 Å². The van der Waals surface area contributed by atoms with E-state index in [1.165, 1.54) is 0 Å². The van der Waals surface area contributed by atoms with Crippen molar-refractivity contribution in [2.45, 2.75) is 0 Å². The van der Waals surface area contributed by atoms with Gasteiger partial charge in [0.1, 0.15) is 0 Å². The van der Waals surface area contributed by atoms with Crippen molar-refractivity contribution in [1.29, 1.82) is 0 Å². The molecule has 0 amide bonds. The van der Waals surface area contributed by atoms with E-state index in [0.717, 1.165) is 0 Å². The van der Waals surface area contributed by atoms with Crippen LogP contribution < -0.4 is 59.1 Å². The molecule has 0 saturated heterocycles. The molecule has 0 radical (unpaired) electrons. The van der Waals surface area contributed by atoms with Gasteiger partial charge in [0.15, 0.2) is 0 Å². The second-order valence-corrected chi connectivity index (χ2v) is 2.39. The standard InChI is InChI=1S/2Na.H3O4P.H2O3Si.2H/c;;1-5(2,3)4;1-4(2)3;;/h;;(H3,1,2,3,4);1-2H;;/q2*+1;;;2*-1. The quantitative estimate of drug-likeness (QED) is 0.203. The molecule has 0 aromatic rings. The third kappa shape index (κ3) is 372. The van der Waals surface area contributed by atoms with E-state index < -0.39 is 17.0 Å². The number of hydrogen-bond acceptors (Lipinski definition) is 2. The molecule has 0 aromatic heterocycles. The van der Waals surface area contributed by atoms with Crippen LogP contribution in [0.25, 0.3) is 0 Å². The summed E-state index contributed by atoms with van der Waals surface area (Å²) in [5, 5.41) is 0. The molecule has 0 aliphatic carbocycles. The summed E-state index contributed by atoms with van der Waals surface area (Å²) < 4.78 is 17.6. The Balaban J connectivity index is -0.0000000146. The summed E-state index contributed by atoms with van der Waals surface area (Å²) in [4.78, 5) is 35.9. The largest absolute Gasteiger partial charge is 1.00 e. The van der Waals surface area contributed by atoms with Crippen LogP contribution >= 0.6 is 7.82 Å². The zero-order valence-electron chi connectivity index (χ0n) is 8.00. The van der Waals surface area contributed by atoms with E-state index in [4.69, 9.17) is 33.3 Å². The Kier molecular flexibility index (Phi) is 24.5. The molecule has 0 rings (SSSR count). The van der Waals surface area contributed by atoms with Crippen molar-refractivity contribution in [3.8, 4) is 0 Å². The van der Waals surface area contributed by atoms with Gasteiger partial charge in [-0.25, -0.2) is 4.57 Å². The summed E-state index contributed by atoms with van der Waals surface area (Å²) in [5.74, 6) is 0. The van der Waals surface area contributed by atoms with Crippen LogP contribution in [-0.4, -0.2) is 33.4 Å². The molecule has 0 bridgehead atoms. The van der Waals surface area contributed by atoms with Crippen LogP contribution in [0.4, 0.5) is 0 Å². The van der Waals surface area contributed by atoms with Gasteiger partial charge < -0.3 is 27.1 Å². The predicted molar refractivity (Wildman–Crippen MR) is 27.4 cm³/mol. The summed E-state index contributed by atoms with van der Waals surface area (Å²) >= 11 is 0. The van der Waals surface area contributed by atoms with Crippen LogP contribution in [0, 0.1) is 0 Å². The Morgan fingerprint density at radius 1 is 1.09 bits per heavy atom. The van der Waals surface area contributed by atoms with Crippen molar-refractivity contribution in [3.05, 3.63) is 0 Å². The van der Waals surface area contributed by atoms with Gasteiger partial charge in [0.05, 0.1) is 0 Å². The van der Waals surface area contributed by atoms with Crippen molar-refractivity contribution in [3.63, 3.8) is 0 Å². The van der Waals surface area contributed by atoms with Gasteiger partial charge in [-0.15, -0.1) is 0 Å². The molecule has 0 aliphatic heterocycles. The molecular formula is H7Na2O7PSi. The Bertz CT molecular complexity index is 124. The maximum atomic E-state index is 8.88. The van der Waals surface area contributed by atoms with Crippen molar-refractivity contribution < 1.29 is 95.3 Å². The molecule has 0 fully saturated rings. The second kappa shape index (κ2) is 11.7. The van der Waals surface area contributed by atoms with Gasteiger partial charge >= 0.3 is 76.1 Å². The first-order valence-electron chi connectivity index (χ1n) is 1.43. The third-order valence-corrected chi connectivity index (χ3v) is 0. The molecule has 5 N–H and O–H groups in total. The zero-order chi connectivity index (χ0) is 8.08. The minimum atomic E-state index is -4.64. The van der Waals surface area contributed by atoms with E-state index in [0.29, 0.717) is 0 Å². The van der Waals surface area contributed by atoms with E-state index in [9.17, 15) is 0 Å². The van der Waals surface area contributed by atoms with E-state index in [1.807, 2.05) is 0 Å². The van der Waals surface area contributed by atoms with E-state index in [1.54, 1.807) is 0 Å². The smallest absolute Gasteiger partial charge is 1.00 e. The Hall–Kier alpha value is 1.73. The van der Waals surface area contributed by atoms with Gasteiger partial charge in [-0.1, -0.05) is 0 Å². The van der Waals surface area contributed by atoms with Gasteiger partial charge in [0.2, 0.25) is 0 Å². The van der Waals surface area contributed by atoms with Gasteiger partial charge in [-0.3, -0.25) is 4.46 Å². The molecular weight excluding hydrogens is 217 g/mol. The fourth-order valence-electron chi connectivity index (χ4n) is 0. The average molecular weight is 224 g/mol. The fourth-order valence-corrected chi connectivity index (χ4v) is 0. The second-order valence-electron chi connectivity index (χ2n) is 0.796. The van der Waals surface area contributed by atoms with E-state index >= 15 is 0 Å². The van der Waals surface area contributed by atoms with Crippen LogP contribution in [0.5, 0.6) is 0 Å². The molecule has 7 nitrogen and oxygen atoms in total. The molecule has 0 saturated carbocycles. The average Bonchev–Trinajstić information content (AvgIpc) is 1.19. The minimum Gasteiger partial charge on any atom is -1.00 e. The van der Waals surface area contributed by atoms with Crippen LogP contribution in [0.1, 0.15) is 2.85 Å². The molecule has 11 heteroatoms. The predicted octanol–water partition coefficient (Wildman–Crippen LogP) is -8.31. The number of hydrogen-bond donors (Lipinski definition) is 5. The fraction of sp³-hybridized carbons (Fsp3) is 0. The molecule has 0 spiro atoms. The first-order chi connectivity index (χ1) is 3.73.